The molecule has 0 saturated carbocycles. The molecule has 3 rings (SSSR count). The zero-order valence-corrected chi connectivity index (χ0v) is 14.8. The highest BCUT2D eigenvalue weighted by atomic mass is 16.2. The van der Waals surface area contributed by atoms with Crippen LogP contribution in [-0.4, -0.2) is 47.3 Å². The molecule has 2 atom stereocenters. The molecular formula is C20H28N2O2. The third kappa shape index (κ3) is 3.33. The van der Waals surface area contributed by atoms with E-state index in [0.29, 0.717) is 12.3 Å². The second-order valence-electron chi connectivity index (χ2n) is 7.12. The smallest absolute Gasteiger partial charge is 0.245 e. The van der Waals surface area contributed by atoms with Gasteiger partial charge in [0.25, 0.3) is 0 Å². The number of nitrogens with zero attached hydrogens (tertiary/aromatic N) is 2. The summed E-state index contributed by atoms with van der Waals surface area (Å²) in [6.07, 6.45) is 4.18. The molecule has 2 aliphatic heterocycles. The third-order valence-corrected chi connectivity index (χ3v) is 5.45. The molecule has 2 fully saturated rings. The Morgan fingerprint density at radius 2 is 1.96 bits per heavy atom. The van der Waals surface area contributed by atoms with Crippen LogP contribution in [0.25, 0.3) is 0 Å². The van der Waals surface area contributed by atoms with Crippen LogP contribution in [0, 0.1) is 6.92 Å². The van der Waals surface area contributed by atoms with Crippen molar-refractivity contribution in [2.75, 3.05) is 19.6 Å². The largest absolute Gasteiger partial charge is 0.340 e. The van der Waals surface area contributed by atoms with E-state index in [1.807, 2.05) is 16.7 Å². The molecule has 4 nitrogen and oxygen atoms in total. The predicted molar refractivity (Wildman–Crippen MR) is 94.8 cm³/mol. The minimum Gasteiger partial charge on any atom is -0.340 e. The maximum atomic E-state index is 13.0. The molecule has 130 valence electrons. The van der Waals surface area contributed by atoms with Crippen LogP contribution in [0.2, 0.25) is 0 Å². The fraction of sp³-hybridized carbons (Fsp3) is 0.600. The van der Waals surface area contributed by atoms with Gasteiger partial charge in [0.05, 0.1) is 0 Å². The van der Waals surface area contributed by atoms with Gasteiger partial charge in [-0.2, -0.15) is 0 Å². The number of carbonyl (C=O) groups excluding carboxylic acids is 2. The first-order chi connectivity index (χ1) is 11.6. The number of aryl methyl sites for hydroxylation is 1. The second kappa shape index (κ2) is 7.37. The lowest BCUT2D eigenvalue weighted by atomic mass is 9.94. The summed E-state index contributed by atoms with van der Waals surface area (Å²) in [5.74, 6) is 0.729. The van der Waals surface area contributed by atoms with E-state index in [0.717, 1.165) is 45.3 Å². The monoisotopic (exact) mass is 328 g/mol. The van der Waals surface area contributed by atoms with Crippen molar-refractivity contribution in [1.82, 2.24) is 9.80 Å². The lowest BCUT2D eigenvalue weighted by molar-refractivity contribution is -0.143. The molecule has 1 aromatic rings. The number of rotatable bonds is 4. The van der Waals surface area contributed by atoms with Crippen LogP contribution >= 0.6 is 0 Å². The molecule has 4 heteroatoms. The second-order valence-corrected chi connectivity index (χ2v) is 7.12. The Bertz CT molecular complexity index is 613. The van der Waals surface area contributed by atoms with Crippen LogP contribution in [-0.2, 0) is 9.59 Å². The maximum Gasteiger partial charge on any atom is 0.245 e. The van der Waals surface area contributed by atoms with Gasteiger partial charge in [-0.15, -0.1) is 0 Å². The Balaban J connectivity index is 1.66. The lowest BCUT2D eigenvalue weighted by Gasteiger charge is -2.28. The van der Waals surface area contributed by atoms with Gasteiger partial charge in [-0.05, 0) is 43.7 Å². The molecular weight excluding hydrogens is 300 g/mol. The van der Waals surface area contributed by atoms with E-state index in [2.05, 4.69) is 31.2 Å². The highest BCUT2D eigenvalue weighted by molar-refractivity contribution is 5.88. The van der Waals surface area contributed by atoms with Crippen molar-refractivity contribution in [3.8, 4) is 0 Å². The molecule has 2 heterocycles. The summed E-state index contributed by atoms with van der Waals surface area (Å²) >= 11 is 0. The first-order valence-electron chi connectivity index (χ1n) is 9.25. The Hall–Kier alpha value is -1.84. The first kappa shape index (κ1) is 17.0. The fourth-order valence-corrected chi connectivity index (χ4v) is 4.15. The van der Waals surface area contributed by atoms with Gasteiger partial charge in [0, 0.05) is 32.0 Å². The molecule has 0 N–H and O–H groups in total. The van der Waals surface area contributed by atoms with Gasteiger partial charge < -0.3 is 9.80 Å². The van der Waals surface area contributed by atoms with Crippen molar-refractivity contribution >= 4 is 11.8 Å². The molecule has 24 heavy (non-hydrogen) atoms. The minimum absolute atomic E-state index is 0.142. The number of carbonyl (C=O) groups is 2. The van der Waals surface area contributed by atoms with Crippen LogP contribution in [0.1, 0.15) is 56.1 Å². The van der Waals surface area contributed by atoms with E-state index >= 15 is 0 Å². The lowest BCUT2D eigenvalue weighted by Crippen LogP contribution is -2.47. The molecule has 0 aromatic heterocycles. The minimum atomic E-state index is -0.223. The van der Waals surface area contributed by atoms with Gasteiger partial charge in [-0.3, -0.25) is 9.59 Å². The van der Waals surface area contributed by atoms with Crippen molar-refractivity contribution in [3.63, 3.8) is 0 Å². The molecule has 0 aliphatic carbocycles. The van der Waals surface area contributed by atoms with Gasteiger partial charge >= 0.3 is 0 Å². The number of likely N-dealkylation sites (tertiary alicyclic amines) is 2. The zero-order chi connectivity index (χ0) is 17.1. The predicted octanol–water partition coefficient (Wildman–Crippen LogP) is 3.10. The number of hydrogen-bond acceptors (Lipinski definition) is 2. The normalized spacial score (nSPS) is 23.8. The zero-order valence-electron chi connectivity index (χ0n) is 14.8. The number of amides is 2. The average molecular weight is 328 g/mol. The molecule has 2 aliphatic rings. The van der Waals surface area contributed by atoms with Gasteiger partial charge in [-0.25, -0.2) is 0 Å². The molecule has 2 amide bonds. The van der Waals surface area contributed by atoms with Crippen molar-refractivity contribution in [2.45, 2.75) is 57.9 Å². The Morgan fingerprint density at radius 1 is 1.17 bits per heavy atom. The summed E-state index contributed by atoms with van der Waals surface area (Å²) < 4.78 is 0. The van der Waals surface area contributed by atoms with Crippen LogP contribution in [0.4, 0.5) is 0 Å². The summed E-state index contributed by atoms with van der Waals surface area (Å²) in [5, 5.41) is 0. The Morgan fingerprint density at radius 3 is 2.71 bits per heavy atom. The highest BCUT2D eigenvalue weighted by Crippen LogP contribution is 2.31. The summed E-state index contributed by atoms with van der Waals surface area (Å²) in [5.41, 5.74) is 2.66. The van der Waals surface area contributed by atoms with Gasteiger partial charge in [0.2, 0.25) is 11.8 Å². The average Bonchev–Trinajstić information content (AvgIpc) is 3.24. The molecule has 0 bridgehead atoms. The van der Waals surface area contributed by atoms with Gasteiger partial charge in [0.15, 0.2) is 0 Å². The number of hydrogen-bond donors (Lipinski definition) is 0. The van der Waals surface area contributed by atoms with Crippen molar-refractivity contribution in [2.24, 2.45) is 0 Å². The van der Waals surface area contributed by atoms with E-state index < -0.39 is 0 Å². The summed E-state index contributed by atoms with van der Waals surface area (Å²) in [6.45, 7) is 6.49. The molecule has 0 unspecified atom stereocenters. The summed E-state index contributed by atoms with van der Waals surface area (Å²) in [6, 6.07) is 8.24. The van der Waals surface area contributed by atoms with Crippen molar-refractivity contribution in [3.05, 3.63) is 35.4 Å². The third-order valence-electron chi connectivity index (χ3n) is 5.45. The van der Waals surface area contributed by atoms with Crippen LogP contribution in [0.15, 0.2) is 24.3 Å². The first-order valence-corrected chi connectivity index (χ1v) is 9.25. The van der Waals surface area contributed by atoms with E-state index in [4.69, 9.17) is 0 Å². The van der Waals surface area contributed by atoms with Crippen LogP contribution in [0.3, 0.4) is 0 Å². The molecule has 1 aromatic carbocycles. The quantitative estimate of drug-likeness (QED) is 0.852. The van der Waals surface area contributed by atoms with Crippen LogP contribution < -0.4 is 0 Å². The fourth-order valence-electron chi connectivity index (χ4n) is 4.15. The molecule has 0 spiro atoms. The summed E-state index contributed by atoms with van der Waals surface area (Å²) in [7, 11) is 0. The van der Waals surface area contributed by atoms with Gasteiger partial charge in [0.1, 0.15) is 6.04 Å². The Labute approximate surface area is 144 Å². The molecule has 0 radical (unpaired) electrons. The van der Waals surface area contributed by atoms with Gasteiger partial charge in [-0.1, -0.05) is 31.2 Å². The topological polar surface area (TPSA) is 40.6 Å². The van der Waals surface area contributed by atoms with Crippen LogP contribution in [0.5, 0.6) is 0 Å². The maximum absolute atomic E-state index is 13.0. The van der Waals surface area contributed by atoms with Crippen molar-refractivity contribution in [1.29, 1.82) is 0 Å². The SMILES string of the molecule is CCCC(=O)N1CCC[C@H]1C(=O)N1CC[C@@H](c2ccccc2C)C1. The Kier molecular flexibility index (Phi) is 5.22. The standard InChI is InChI=1S/C20H28N2O2/c1-3-7-19(23)22-12-6-10-18(22)20(24)21-13-11-16(14-21)17-9-5-4-8-15(17)2/h4-5,8-9,16,18H,3,6-7,10-14H2,1-2H3/t16-,18+/m1/s1. The van der Waals surface area contributed by atoms with E-state index in [1.165, 1.54) is 11.1 Å². The number of benzene rings is 1. The van der Waals surface area contributed by atoms with E-state index in [-0.39, 0.29) is 17.9 Å². The van der Waals surface area contributed by atoms with Crippen molar-refractivity contribution < 1.29 is 9.59 Å². The highest BCUT2D eigenvalue weighted by Gasteiger charge is 2.38. The van der Waals surface area contributed by atoms with E-state index in [9.17, 15) is 9.59 Å². The molecule has 2 saturated heterocycles. The summed E-state index contributed by atoms with van der Waals surface area (Å²) in [4.78, 5) is 29.0. The van der Waals surface area contributed by atoms with E-state index in [1.54, 1.807) is 0 Å².